The van der Waals surface area contributed by atoms with E-state index in [0.717, 1.165) is 10.7 Å². The van der Waals surface area contributed by atoms with Crippen LogP contribution in [0.4, 0.5) is 0 Å². The van der Waals surface area contributed by atoms with E-state index in [9.17, 15) is 0 Å². The minimum atomic E-state index is 0.419. The van der Waals surface area contributed by atoms with Gasteiger partial charge in [-0.1, -0.05) is 5.57 Å². The molecule has 0 amide bonds. The molecule has 0 saturated carbocycles. The average molecular weight is 196 g/mol. The summed E-state index contributed by atoms with van der Waals surface area (Å²) >= 11 is 1.69. The highest BCUT2D eigenvalue weighted by Gasteiger charge is 2.01. The fraction of sp³-hybridized carbons (Fsp3) is 0.500. The van der Waals surface area contributed by atoms with Gasteiger partial charge in [0, 0.05) is 11.4 Å². The molecule has 1 heterocycles. The Morgan fingerprint density at radius 2 is 2.38 bits per heavy atom. The third-order valence-electron chi connectivity index (χ3n) is 2.13. The second kappa shape index (κ2) is 4.53. The molecule has 0 aliphatic rings. The van der Waals surface area contributed by atoms with Crippen molar-refractivity contribution in [3.63, 3.8) is 0 Å². The first-order chi connectivity index (χ1) is 6.13. The van der Waals surface area contributed by atoms with E-state index in [-0.39, 0.29) is 0 Å². The molecule has 0 saturated heterocycles. The summed E-state index contributed by atoms with van der Waals surface area (Å²) in [5.74, 6) is 0. The third-order valence-corrected chi connectivity index (χ3v) is 2.92. The van der Waals surface area contributed by atoms with Gasteiger partial charge in [0.25, 0.3) is 0 Å². The number of hydrogen-bond acceptors (Lipinski definition) is 3. The largest absolute Gasteiger partial charge is 0.314 e. The summed E-state index contributed by atoms with van der Waals surface area (Å²) in [6.07, 6.45) is 2.13. The summed E-state index contributed by atoms with van der Waals surface area (Å²) in [6, 6.07) is 0.419. The summed E-state index contributed by atoms with van der Waals surface area (Å²) in [6.45, 7) is 6.29. The van der Waals surface area contributed by atoms with Crippen molar-refractivity contribution in [3.8, 4) is 0 Å². The topological polar surface area (TPSA) is 24.9 Å². The number of aromatic nitrogens is 1. The molecule has 0 radical (unpaired) electrons. The van der Waals surface area contributed by atoms with Gasteiger partial charge in [-0.05, 0) is 33.9 Å². The van der Waals surface area contributed by atoms with Crippen molar-refractivity contribution in [2.45, 2.75) is 26.8 Å². The lowest BCUT2D eigenvalue weighted by molar-refractivity contribution is 0.696. The van der Waals surface area contributed by atoms with Crippen molar-refractivity contribution < 1.29 is 0 Å². The van der Waals surface area contributed by atoms with Crippen LogP contribution in [0.3, 0.4) is 0 Å². The molecule has 0 aliphatic heterocycles. The van der Waals surface area contributed by atoms with Crippen LogP contribution in [0.5, 0.6) is 0 Å². The van der Waals surface area contributed by atoms with E-state index in [1.165, 1.54) is 5.57 Å². The van der Waals surface area contributed by atoms with Crippen LogP contribution in [0, 0.1) is 6.92 Å². The first-order valence-electron chi connectivity index (χ1n) is 4.41. The number of nitrogens with one attached hydrogen (secondary N) is 1. The smallest absolute Gasteiger partial charge is 0.0901 e. The number of aryl methyl sites for hydroxylation is 1. The number of thiazole rings is 1. The van der Waals surface area contributed by atoms with Crippen LogP contribution < -0.4 is 5.32 Å². The highest BCUT2D eigenvalue weighted by molar-refractivity contribution is 7.09. The van der Waals surface area contributed by atoms with Gasteiger partial charge in [-0.3, -0.25) is 0 Å². The number of rotatable bonds is 3. The number of likely N-dealkylation sites (N-methyl/N-ethyl adjacent to an activating group) is 1. The van der Waals surface area contributed by atoms with Gasteiger partial charge in [0.15, 0.2) is 0 Å². The minimum Gasteiger partial charge on any atom is -0.314 e. The Labute approximate surface area is 83.7 Å². The Bertz CT molecular complexity index is 302. The van der Waals surface area contributed by atoms with Crippen molar-refractivity contribution in [2.75, 3.05) is 7.05 Å². The second-order valence-corrected chi connectivity index (χ2v) is 4.25. The van der Waals surface area contributed by atoms with Crippen LogP contribution >= 0.6 is 11.3 Å². The summed E-state index contributed by atoms with van der Waals surface area (Å²) in [5.41, 5.74) is 2.38. The molecule has 1 aromatic heterocycles. The molecule has 0 fully saturated rings. The third kappa shape index (κ3) is 2.94. The van der Waals surface area contributed by atoms with Crippen LogP contribution in [0.25, 0.3) is 6.08 Å². The first-order valence-corrected chi connectivity index (χ1v) is 5.29. The van der Waals surface area contributed by atoms with E-state index in [2.05, 4.69) is 35.6 Å². The standard InChI is InChI=1S/C10H16N2S/c1-7(8(2)11-4)5-10-6-13-9(3)12-10/h5-6,8,11H,1-4H3. The molecule has 0 aromatic carbocycles. The molecule has 0 spiro atoms. The lowest BCUT2D eigenvalue weighted by Gasteiger charge is -2.09. The zero-order valence-electron chi connectivity index (χ0n) is 8.59. The highest BCUT2D eigenvalue weighted by Crippen LogP contribution is 2.12. The predicted octanol–water partition coefficient (Wildman–Crippen LogP) is 2.46. The Morgan fingerprint density at radius 1 is 1.69 bits per heavy atom. The molecule has 72 valence electrons. The molecule has 2 nitrogen and oxygen atoms in total. The number of hydrogen-bond donors (Lipinski definition) is 1. The lowest BCUT2D eigenvalue weighted by Crippen LogP contribution is -2.21. The van der Waals surface area contributed by atoms with E-state index in [1.807, 2.05) is 14.0 Å². The maximum absolute atomic E-state index is 4.38. The molecular formula is C10H16N2S. The summed E-state index contributed by atoms with van der Waals surface area (Å²) in [5, 5.41) is 6.41. The van der Waals surface area contributed by atoms with Crippen molar-refractivity contribution in [1.29, 1.82) is 0 Å². The van der Waals surface area contributed by atoms with Crippen molar-refractivity contribution in [1.82, 2.24) is 10.3 Å². The van der Waals surface area contributed by atoms with Crippen LogP contribution in [-0.4, -0.2) is 18.1 Å². The van der Waals surface area contributed by atoms with Crippen molar-refractivity contribution in [3.05, 3.63) is 21.7 Å². The highest BCUT2D eigenvalue weighted by atomic mass is 32.1. The second-order valence-electron chi connectivity index (χ2n) is 3.19. The Morgan fingerprint density at radius 3 is 2.85 bits per heavy atom. The monoisotopic (exact) mass is 196 g/mol. The van der Waals surface area contributed by atoms with Gasteiger partial charge in [-0.15, -0.1) is 11.3 Å². The Kier molecular flexibility index (Phi) is 3.63. The minimum absolute atomic E-state index is 0.419. The summed E-state index contributed by atoms with van der Waals surface area (Å²) in [4.78, 5) is 4.38. The Balaban J connectivity index is 2.76. The van der Waals surface area contributed by atoms with Gasteiger partial charge < -0.3 is 5.32 Å². The molecule has 1 aromatic rings. The molecule has 1 N–H and O–H groups in total. The van der Waals surface area contributed by atoms with Gasteiger partial charge in [-0.2, -0.15) is 0 Å². The van der Waals surface area contributed by atoms with Gasteiger partial charge in [-0.25, -0.2) is 4.98 Å². The van der Waals surface area contributed by atoms with Crippen LogP contribution in [0.2, 0.25) is 0 Å². The fourth-order valence-electron chi connectivity index (χ4n) is 1.03. The molecule has 1 rings (SSSR count). The quantitative estimate of drug-likeness (QED) is 0.803. The number of nitrogens with zero attached hydrogens (tertiary/aromatic N) is 1. The van der Waals surface area contributed by atoms with E-state index in [0.29, 0.717) is 6.04 Å². The van der Waals surface area contributed by atoms with Gasteiger partial charge in [0.2, 0.25) is 0 Å². The van der Waals surface area contributed by atoms with Gasteiger partial charge >= 0.3 is 0 Å². The normalized spacial score (nSPS) is 14.6. The van der Waals surface area contributed by atoms with E-state index >= 15 is 0 Å². The van der Waals surface area contributed by atoms with Gasteiger partial charge in [0.05, 0.1) is 10.7 Å². The molecule has 3 heteroatoms. The maximum Gasteiger partial charge on any atom is 0.0901 e. The fourth-order valence-corrected chi connectivity index (χ4v) is 1.60. The van der Waals surface area contributed by atoms with Crippen LogP contribution in [-0.2, 0) is 0 Å². The molecule has 1 unspecified atom stereocenters. The molecule has 13 heavy (non-hydrogen) atoms. The average Bonchev–Trinajstić information content (AvgIpc) is 2.49. The molecule has 1 atom stereocenters. The van der Waals surface area contributed by atoms with Crippen LogP contribution in [0.1, 0.15) is 24.5 Å². The molecular weight excluding hydrogens is 180 g/mol. The summed E-state index contributed by atoms with van der Waals surface area (Å²) < 4.78 is 0. The Hall–Kier alpha value is -0.670. The van der Waals surface area contributed by atoms with E-state index < -0.39 is 0 Å². The van der Waals surface area contributed by atoms with Crippen molar-refractivity contribution >= 4 is 17.4 Å². The predicted molar refractivity (Wildman–Crippen MR) is 59.0 cm³/mol. The van der Waals surface area contributed by atoms with E-state index in [4.69, 9.17) is 0 Å². The summed E-state index contributed by atoms with van der Waals surface area (Å²) in [7, 11) is 1.97. The zero-order chi connectivity index (χ0) is 9.84. The van der Waals surface area contributed by atoms with Crippen molar-refractivity contribution in [2.24, 2.45) is 0 Å². The lowest BCUT2D eigenvalue weighted by atomic mass is 10.1. The SMILES string of the molecule is CNC(C)C(C)=Cc1csc(C)n1. The molecule has 0 aliphatic carbocycles. The first kappa shape index (κ1) is 10.4. The van der Waals surface area contributed by atoms with E-state index in [1.54, 1.807) is 11.3 Å². The van der Waals surface area contributed by atoms with Crippen LogP contribution in [0.15, 0.2) is 11.0 Å². The zero-order valence-corrected chi connectivity index (χ0v) is 9.40. The van der Waals surface area contributed by atoms with Gasteiger partial charge in [0.1, 0.15) is 0 Å². The maximum atomic E-state index is 4.38. The molecule has 0 bridgehead atoms.